The third-order valence-electron chi connectivity index (χ3n) is 5.69. The lowest BCUT2D eigenvalue weighted by molar-refractivity contribution is -0.119. The van der Waals surface area contributed by atoms with Gasteiger partial charge < -0.3 is 9.80 Å². The second-order valence-electron chi connectivity index (χ2n) is 7.40. The van der Waals surface area contributed by atoms with Crippen LogP contribution < -0.4 is 4.90 Å². The third kappa shape index (κ3) is 3.54. The SMILES string of the molecule is O=NCc1ccc(C(=O)N2CCC(N3C(=O)CCc4ccccc43)CC2)cc1. The summed E-state index contributed by atoms with van der Waals surface area (Å²) in [6.45, 7) is 1.38. The fourth-order valence-electron chi connectivity index (χ4n) is 4.19. The topological polar surface area (TPSA) is 70.1 Å². The molecule has 0 radical (unpaired) electrons. The molecular formula is C22H23N3O3. The van der Waals surface area contributed by atoms with Crippen molar-refractivity contribution in [3.8, 4) is 0 Å². The maximum atomic E-state index is 12.8. The molecule has 0 bridgehead atoms. The van der Waals surface area contributed by atoms with Gasteiger partial charge in [-0.3, -0.25) is 9.59 Å². The van der Waals surface area contributed by atoms with Crippen LogP contribution in [0.4, 0.5) is 5.69 Å². The van der Waals surface area contributed by atoms with Crippen molar-refractivity contribution in [1.82, 2.24) is 4.90 Å². The van der Waals surface area contributed by atoms with E-state index in [0.29, 0.717) is 25.1 Å². The van der Waals surface area contributed by atoms with Crippen molar-refractivity contribution >= 4 is 17.5 Å². The van der Waals surface area contributed by atoms with E-state index in [1.807, 2.05) is 28.0 Å². The third-order valence-corrected chi connectivity index (χ3v) is 5.69. The molecule has 6 nitrogen and oxygen atoms in total. The molecule has 0 spiro atoms. The Morgan fingerprint density at radius 2 is 1.71 bits per heavy atom. The number of carbonyl (C=O) groups is 2. The van der Waals surface area contributed by atoms with Gasteiger partial charge in [-0.25, -0.2) is 0 Å². The van der Waals surface area contributed by atoms with E-state index < -0.39 is 0 Å². The van der Waals surface area contributed by atoms with Crippen molar-refractivity contribution in [2.24, 2.45) is 5.18 Å². The van der Waals surface area contributed by atoms with Crippen LogP contribution in [0, 0.1) is 4.91 Å². The van der Waals surface area contributed by atoms with Crippen LogP contribution in [-0.4, -0.2) is 35.8 Å². The van der Waals surface area contributed by atoms with Gasteiger partial charge in [-0.1, -0.05) is 35.5 Å². The zero-order valence-electron chi connectivity index (χ0n) is 15.7. The molecule has 2 aromatic rings. The van der Waals surface area contributed by atoms with Crippen LogP contribution in [0.5, 0.6) is 0 Å². The van der Waals surface area contributed by atoms with Crippen molar-refractivity contribution in [1.29, 1.82) is 0 Å². The lowest BCUT2D eigenvalue weighted by atomic mass is 9.95. The van der Waals surface area contributed by atoms with Gasteiger partial charge >= 0.3 is 0 Å². The summed E-state index contributed by atoms with van der Waals surface area (Å²) in [7, 11) is 0. The van der Waals surface area contributed by atoms with Crippen LogP contribution in [0.15, 0.2) is 53.7 Å². The first-order chi connectivity index (χ1) is 13.7. The average Bonchev–Trinajstić information content (AvgIpc) is 2.74. The summed E-state index contributed by atoms with van der Waals surface area (Å²) in [5.41, 5.74) is 3.67. The highest BCUT2D eigenvalue weighted by Gasteiger charge is 2.33. The van der Waals surface area contributed by atoms with Crippen molar-refractivity contribution in [2.75, 3.05) is 18.0 Å². The summed E-state index contributed by atoms with van der Waals surface area (Å²) in [5, 5.41) is 2.87. The number of nitroso groups, excluding NO2 is 1. The Balaban J connectivity index is 1.43. The number of para-hydroxylation sites is 1. The van der Waals surface area contributed by atoms with E-state index in [-0.39, 0.29) is 24.4 Å². The number of aryl methyl sites for hydroxylation is 1. The number of nitrogens with zero attached hydrogens (tertiary/aromatic N) is 3. The van der Waals surface area contributed by atoms with E-state index in [1.165, 1.54) is 5.56 Å². The van der Waals surface area contributed by atoms with Crippen LogP contribution in [-0.2, 0) is 17.8 Å². The summed E-state index contributed by atoms with van der Waals surface area (Å²) >= 11 is 0. The molecule has 0 saturated carbocycles. The maximum absolute atomic E-state index is 12.8. The highest BCUT2D eigenvalue weighted by molar-refractivity contribution is 5.97. The number of hydrogen-bond acceptors (Lipinski definition) is 4. The first-order valence-corrected chi connectivity index (χ1v) is 9.74. The normalized spacial score (nSPS) is 17.4. The van der Waals surface area contributed by atoms with Crippen molar-refractivity contribution < 1.29 is 9.59 Å². The predicted octanol–water partition coefficient (Wildman–Crippen LogP) is 3.54. The fourth-order valence-corrected chi connectivity index (χ4v) is 4.19. The summed E-state index contributed by atoms with van der Waals surface area (Å²) in [6, 6.07) is 15.3. The Kier molecular flexibility index (Phi) is 5.19. The Bertz CT molecular complexity index is 886. The monoisotopic (exact) mass is 377 g/mol. The van der Waals surface area contributed by atoms with Gasteiger partial charge in [0.05, 0.1) is 0 Å². The fraction of sp³-hybridized carbons (Fsp3) is 0.364. The van der Waals surface area contributed by atoms with Gasteiger partial charge in [-0.05, 0) is 48.6 Å². The molecular weight excluding hydrogens is 354 g/mol. The molecule has 0 aliphatic carbocycles. The van der Waals surface area contributed by atoms with Gasteiger partial charge in [0.25, 0.3) is 5.91 Å². The molecule has 28 heavy (non-hydrogen) atoms. The molecule has 0 N–H and O–H groups in total. The minimum Gasteiger partial charge on any atom is -0.338 e. The summed E-state index contributed by atoms with van der Waals surface area (Å²) in [6.07, 6.45) is 2.91. The highest BCUT2D eigenvalue weighted by atomic mass is 16.3. The van der Waals surface area contributed by atoms with E-state index >= 15 is 0 Å². The molecule has 144 valence electrons. The van der Waals surface area contributed by atoms with Gasteiger partial charge in [-0.15, -0.1) is 0 Å². The van der Waals surface area contributed by atoms with Crippen LogP contribution in [0.1, 0.15) is 40.7 Å². The number of piperidine rings is 1. The van der Waals surface area contributed by atoms with E-state index in [1.54, 1.807) is 24.3 Å². The molecule has 0 unspecified atom stereocenters. The number of anilines is 1. The molecule has 0 atom stereocenters. The Labute approximate surface area is 164 Å². The molecule has 2 heterocycles. The van der Waals surface area contributed by atoms with Crippen LogP contribution in [0.3, 0.4) is 0 Å². The smallest absolute Gasteiger partial charge is 0.253 e. The maximum Gasteiger partial charge on any atom is 0.253 e. The number of hydrogen-bond donors (Lipinski definition) is 0. The number of benzene rings is 2. The molecule has 0 aromatic heterocycles. The van der Waals surface area contributed by atoms with Gasteiger partial charge in [0.1, 0.15) is 6.54 Å². The second-order valence-corrected chi connectivity index (χ2v) is 7.40. The molecule has 2 aliphatic rings. The van der Waals surface area contributed by atoms with E-state index in [9.17, 15) is 14.5 Å². The molecule has 4 rings (SSSR count). The van der Waals surface area contributed by atoms with Gasteiger partial charge in [0.15, 0.2) is 0 Å². The molecule has 1 saturated heterocycles. The average molecular weight is 377 g/mol. The minimum atomic E-state index is -0.00515. The predicted molar refractivity (Wildman–Crippen MR) is 107 cm³/mol. The summed E-state index contributed by atoms with van der Waals surface area (Å²) < 4.78 is 0. The summed E-state index contributed by atoms with van der Waals surface area (Å²) in [5.74, 6) is 0.178. The number of likely N-dealkylation sites (tertiary alicyclic amines) is 1. The quantitative estimate of drug-likeness (QED) is 0.765. The molecule has 2 aliphatic heterocycles. The van der Waals surface area contributed by atoms with Gasteiger partial charge in [0.2, 0.25) is 5.91 Å². The number of rotatable bonds is 4. The molecule has 2 amide bonds. The van der Waals surface area contributed by atoms with Crippen LogP contribution >= 0.6 is 0 Å². The zero-order chi connectivity index (χ0) is 19.5. The van der Waals surface area contributed by atoms with Crippen molar-refractivity contribution in [3.63, 3.8) is 0 Å². The van der Waals surface area contributed by atoms with Crippen molar-refractivity contribution in [3.05, 3.63) is 70.1 Å². The van der Waals surface area contributed by atoms with Gasteiger partial charge in [0, 0.05) is 36.8 Å². The Morgan fingerprint density at radius 1 is 1.00 bits per heavy atom. The second kappa shape index (κ2) is 7.92. The number of carbonyl (C=O) groups excluding carboxylic acids is 2. The first kappa shape index (κ1) is 18.3. The zero-order valence-corrected chi connectivity index (χ0v) is 15.7. The highest BCUT2D eigenvalue weighted by Crippen LogP contribution is 2.32. The van der Waals surface area contributed by atoms with Crippen molar-refractivity contribution in [2.45, 2.75) is 38.3 Å². The van der Waals surface area contributed by atoms with E-state index in [4.69, 9.17) is 0 Å². The van der Waals surface area contributed by atoms with Crippen LogP contribution in [0.25, 0.3) is 0 Å². The van der Waals surface area contributed by atoms with Crippen LogP contribution in [0.2, 0.25) is 0 Å². The molecule has 1 fully saturated rings. The van der Waals surface area contributed by atoms with E-state index in [2.05, 4.69) is 11.2 Å². The Morgan fingerprint density at radius 3 is 2.43 bits per heavy atom. The largest absolute Gasteiger partial charge is 0.338 e. The van der Waals surface area contributed by atoms with Gasteiger partial charge in [-0.2, -0.15) is 4.91 Å². The lowest BCUT2D eigenvalue weighted by Crippen LogP contribution is -2.50. The standard InChI is InChI=1S/C22H23N3O3/c26-21-10-9-17-3-1-2-4-20(17)25(21)19-11-13-24(14-12-19)22(27)18-7-5-16(6-8-18)15-23-28/h1-8,19H,9-15H2. The molecule has 6 heteroatoms. The van der Waals surface area contributed by atoms with E-state index in [0.717, 1.165) is 30.5 Å². The molecule has 2 aromatic carbocycles. The Hall–Kier alpha value is -3.02. The first-order valence-electron chi connectivity index (χ1n) is 9.74. The lowest BCUT2D eigenvalue weighted by Gasteiger charge is -2.41. The number of fused-ring (bicyclic) bond motifs is 1. The summed E-state index contributed by atoms with van der Waals surface area (Å²) in [4.78, 5) is 39.5. The number of amides is 2. The minimum absolute atomic E-state index is 0.00515.